The van der Waals surface area contributed by atoms with Gasteiger partial charge in [-0.3, -0.25) is 9.59 Å². The second-order valence-corrected chi connectivity index (χ2v) is 3.65. The minimum absolute atomic E-state index is 0.216. The van der Waals surface area contributed by atoms with E-state index in [-0.39, 0.29) is 17.9 Å². The molecule has 14 heavy (non-hydrogen) atoms. The van der Waals surface area contributed by atoms with Gasteiger partial charge in [0.2, 0.25) is 0 Å². The Morgan fingerprint density at radius 2 is 1.79 bits per heavy atom. The molecule has 1 atom stereocenters. The van der Waals surface area contributed by atoms with Crippen molar-refractivity contribution in [1.29, 1.82) is 0 Å². The number of hydrogen-bond donors (Lipinski definition) is 0. The number of carbonyl (C=O) groups excluding carboxylic acids is 2. The maximum atomic E-state index is 11.1. The van der Waals surface area contributed by atoms with Gasteiger partial charge in [0.05, 0.1) is 13.2 Å². The number of carbonyl (C=O) groups is 2. The largest absolute Gasteiger partial charge is 0.466 e. The molecule has 80 valence electrons. The summed E-state index contributed by atoms with van der Waals surface area (Å²) in [6.45, 7) is 2.83. The number of rotatable bonds is 0. The van der Waals surface area contributed by atoms with E-state index in [0.717, 1.165) is 6.42 Å². The molecule has 1 heterocycles. The fourth-order valence-electron chi connectivity index (χ4n) is 1.21. The second kappa shape index (κ2) is 5.62. The molecule has 4 heteroatoms. The van der Waals surface area contributed by atoms with Crippen LogP contribution in [0, 0.1) is 5.92 Å². The lowest BCUT2D eigenvalue weighted by Crippen LogP contribution is -2.12. The van der Waals surface area contributed by atoms with Gasteiger partial charge in [-0.25, -0.2) is 0 Å². The first-order valence-electron chi connectivity index (χ1n) is 4.99. The lowest BCUT2D eigenvalue weighted by atomic mass is 10.1. The second-order valence-electron chi connectivity index (χ2n) is 3.65. The van der Waals surface area contributed by atoms with Gasteiger partial charge in [-0.05, 0) is 18.8 Å². The maximum absolute atomic E-state index is 11.1. The smallest absolute Gasteiger partial charge is 0.305 e. The van der Waals surface area contributed by atoms with Crippen LogP contribution in [0.4, 0.5) is 0 Å². The number of esters is 2. The van der Waals surface area contributed by atoms with Gasteiger partial charge >= 0.3 is 11.9 Å². The molecule has 4 nitrogen and oxygen atoms in total. The van der Waals surface area contributed by atoms with E-state index in [1.54, 1.807) is 0 Å². The molecule has 0 aromatic heterocycles. The number of ether oxygens (including phenoxy) is 2. The molecular formula is C10H16O4. The highest BCUT2D eigenvalue weighted by atomic mass is 16.5. The monoisotopic (exact) mass is 200 g/mol. The molecule has 1 fully saturated rings. The van der Waals surface area contributed by atoms with Crippen LogP contribution in [0.3, 0.4) is 0 Å². The van der Waals surface area contributed by atoms with Crippen molar-refractivity contribution < 1.29 is 19.1 Å². The summed E-state index contributed by atoms with van der Waals surface area (Å²) in [5.41, 5.74) is 0. The average molecular weight is 200 g/mol. The summed E-state index contributed by atoms with van der Waals surface area (Å²) in [6.07, 6.45) is 1.89. The summed E-state index contributed by atoms with van der Waals surface area (Å²) in [5.74, 6) is -0.177. The predicted octanol–water partition coefficient (Wildman–Crippen LogP) is 1.28. The topological polar surface area (TPSA) is 52.6 Å². The average Bonchev–Trinajstić information content (AvgIpc) is 2.16. The van der Waals surface area contributed by atoms with Crippen molar-refractivity contribution in [1.82, 2.24) is 0 Å². The molecular weight excluding hydrogens is 184 g/mol. The van der Waals surface area contributed by atoms with Gasteiger partial charge in [-0.2, -0.15) is 0 Å². The molecule has 1 rings (SSSR count). The van der Waals surface area contributed by atoms with E-state index >= 15 is 0 Å². The first kappa shape index (κ1) is 11.0. The van der Waals surface area contributed by atoms with Crippen LogP contribution >= 0.6 is 0 Å². The maximum Gasteiger partial charge on any atom is 0.305 e. The third kappa shape index (κ3) is 4.25. The molecule has 1 saturated heterocycles. The van der Waals surface area contributed by atoms with Gasteiger partial charge in [0.1, 0.15) is 0 Å². The first-order chi connectivity index (χ1) is 6.68. The van der Waals surface area contributed by atoms with Crippen LogP contribution in [0.25, 0.3) is 0 Å². The Kier molecular flexibility index (Phi) is 4.43. The van der Waals surface area contributed by atoms with E-state index in [1.807, 2.05) is 6.92 Å². The van der Waals surface area contributed by atoms with E-state index in [2.05, 4.69) is 0 Å². The van der Waals surface area contributed by atoms with E-state index in [4.69, 9.17) is 9.47 Å². The lowest BCUT2D eigenvalue weighted by Gasteiger charge is -2.10. The van der Waals surface area contributed by atoms with E-state index in [1.165, 1.54) is 0 Å². The van der Waals surface area contributed by atoms with Crippen LogP contribution in [0.15, 0.2) is 0 Å². The highest BCUT2D eigenvalue weighted by Gasteiger charge is 2.12. The van der Waals surface area contributed by atoms with Gasteiger partial charge < -0.3 is 9.47 Å². The van der Waals surface area contributed by atoms with Crippen LogP contribution in [0.5, 0.6) is 0 Å². The van der Waals surface area contributed by atoms with E-state index < -0.39 is 0 Å². The summed E-state index contributed by atoms with van der Waals surface area (Å²) in [4.78, 5) is 22.1. The molecule has 0 radical (unpaired) electrons. The van der Waals surface area contributed by atoms with E-state index in [9.17, 15) is 9.59 Å². The molecule has 0 saturated carbocycles. The Morgan fingerprint density at radius 1 is 1.14 bits per heavy atom. The lowest BCUT2D eigenvalue weighted by molar-refractivity contribution is -0.145. The fourth-order valence-corrected chi connectivity index (χ4v) is 1.21. The summed E-state index contributed by atoms with van der Waals surface area (Å²) in [7, 11) is 0. The normalized spacial score (nSPS) is 25.9. The van der Waals surface area contributed by atoms with Crippen molar-refractivity contribution in [2.75, 3.05) is 13.2 Å². The third-order valence-corrected chi connectivity index (χ3v) is 2.16. The van der Waals surface area contributed by atoms with Crippen molar-refractivity contribution in [3.05, 3.63) is 0 Å². The van der Waals surface area contributed by atoms with Crippen molar-refractivity contribution in [2.24, 2.45) is 5.92 Å². The zero-order valence-corrected chi connectivity index (χ0v) is 8.45. The molecule has 0 amide bonds. The Bertz CT molecular complexity index is 212. The predicted molar refractivity (Wildman–Crippen MR) is 49.6 cm³/mol. The molecule has 1 aliphatic heterocycles. The minimum Gasteiger partial charge on any atom is -0.466 e. The third-order valence-electron chi connectivity index (χ3n) is 2.16. The first-order valence-corrected chi connectivity index (χ1v) is 4.99. The summed E-state index contributed by atoms with van der Waals surface area (Å²) >= 11 is 0. The zero-order valence-electron chi connectivity index (χ0n) is 8.45. The molecule has 0 aliphatic carbocycles. The molecule has 0 aromatic rings. The summed E-state index contributed by atoms with van der Waals surface area (Å²) in [5, 5.41) is 0. The van der Waals surface area contributed by atoms with Crippen molar-refractivity contribution in [3.63, 3.8) is 0 Å². The van der Waals surface area contributed by atoms with Crippen LogP contribution in [-0.4, -0.2) is 25.2 Å². The van der Waals surface area contributed by atoms with Gasteiger partial charge in [0, 0.05) is 12.8 Å². The SMILES string of the molecule is CC1CCOC(=O)CCCC(=O)OC1. The Morgan fingerprint density at radius 3 is 2.50 bits per heavy atom. The highest BCUT2D eigenvalue weighted by Crippen LogP contribution is 2.08. The zero-order chi connectivity index (χ0) is 10.4. The fraction of sp³-hybridized carbons (Fsp3) is 0.800. The van der Waals surface area contributed by atoms with Crippen LogP contribution < -0.4 is 0 Å². The van der Waals surface area contributed by atoms with Gasteiger partial charge in [-0.1, -0.05) is 6.92 Å². The Balaban J connectivity index is 2.40. The minimum atomic E-state index is -0.216. The molecule has 0 aromatic carbocycles. The number of cyclic esters (lactones) is 2. The molecule has 1 aliphatic rings. The van der Waals surface area contributed by atoms with Gasteiger partial charge in [0.25, 0.3) is 0 Å². The van der Waals surface area contributed by atoms with Gasteiger partial charge in [0.15, 0.2) is 0 Å². The standard InChI is InChI=1S/C10H16O4/c1-8-5-6-13-9(11)3-2-4-10(12)14-7-8/h8H,2-7H2,1H3. The van der Waals surface area contributed by atoms with Crippen molar-refractivity contribution in [3.8, 4) is 0 Å². The highest BCUT2D eigenvalue weighted by molar-refractivity contribution is 5.72. The Hall–Kier alpha value is -1.06. The summed E-state index contributed by atoms with van der Waals surface area (Å²) in [6, 6.07) is 0. The molecule has 0 bridgehead atoms. The van der Waals surface area contributed by atoms with Gasteiger partial charge in [-0.15, -0.1) is 0 Å². The van der Waals surface area contributed by atoms with Crippen LogP contribution in [0.2, 0.25) is 0 Å². The van der Waals surface area contributed by atoms with Crippen LogP contribution in [0.1, 0.15) is 32.6 Å². The van der Waals surface area contributed by atoms with Crippen molar-refractivity contribution in [2.45, 2.75) is 32.6 Å². The van der Waals surface area contributed by atoms with Crippen LogP contribution in [-0.2, 0) is 19.1 Å². The quantitative estimate of drug-likeness (QED) is 0.553. The molecule has 0 spiro atoms. The Labute approximate surface area is 83.6 Å². The summed E-state index contributed by atoms with van der Waals surface area (Å²) < 4.78 is 9.99. The van der Waals surface area contributed by atoms with Crippen molar-refractivity contribution >= 4 is 11.9 Å². The molecule has 1 unspecified atom stereocenters. The molecule has 0 N–H and O–H groups in total. The number of hydrogen-bond acceptors (Lipinski definition) is 4. The van der Waals surface area contributed by atoms with E-state index in [0.29, 0.717) is 32.5 Å².